The van der Waals surface area contributed by atoms with Crippen molar-refractivity contribution in [2.75, 3.05) is 5.75 Å². The van der Waals surface area contributed by atoms with Crippen LogP contribution in [-0.2, 0) is 37.4 Å². The Morgan fingerprint density at radius 1 is 1.15 bits per heavy atom. The van der Waals surface area contributed by atoms with Gasteiger partial charge in [-0.15, -0.1) is 6.58 Å². The summed E-state index contributed by atoms with van der Waals surface area (Å²) in [7, 11) is 0. The predicted octanol–water partition coefficient (Wildman–Crippen LogP) is -0.413. The van der Waals surface area contributed by atoms with Crippen molar-refractivity contribution in [1.29, 1.82) is 0 Å². The molecular formula is C33H42N5O8S+. The predicted molar refractivity (Wildman–Crippen MR) is 175 cm³/mol. The number of hydrogen-bond donors (Lipinski definition) is 8. The highest BCUT2D eigenvalue weighted by Gasteiger charge is 2.63. The van der Waals surface area contributed by atoms with Gasteiger partial charge < -0.3 is 36.0 Å². The lowest BCUT2D eigenvalue weighted by molar-refractivity contribution is -0.137. The number of rotatable bonds is 11. The van der Waals surface area contributed by atoms with E-state index in [0.717, 1.165) is 17.0 Å². The highest BCUT2D eigenvalue weighted by molar-refractivity contribution is 7.86. The highest BCUT2D eigenvalue weighted by atomic mass is 32.2. The molecule has 14 heteroatoms. The number of aromatic nitrogens is 1. The van der Waals surface area contributed by atoms with Gasteiger partial charge in [-0.25, -0.2) is 5.43 Å². The number of H-pyrrole nitrogens is 1. The Morgan fingerprint density at radius 3 is 2.45 bits per heavy atom. The lowest BCUT2D eigenvalue weighted by Gasteiger charge is -2.27. The second-order valence-corrected chi connectivity index (χ2v) is 14.9. The number of hydrogen-bond acceptors (Lipinski definition) is 8. The van der Waals surface area contributed by atoms with E-state index in [1.807, 2.05) is 18.9 Å². The molecule has 2 amide bonds. The third kappa shape index (κ3) is 5.55. The van der Waals surface area contributed by atoms with Gasteiger partial charge in [0.1, 0.15) is 17.8 Å². The number of aliphatic hydroxyl groups excluding tert-OH is 1. The number of carboxylic acids is 2. The minimum absolute atomic E-state index is 0.0104. The maximum atomic E-state index is 12.7. The summed E-state index contributed by atoms with van der Waals surface area (Å²) in [5, 5.41) is 50.3. The Bertz CT molecular complexity index is 1770. The van der Waals surface area contributed by atoms with Crippen molar-refractivity contribution in [1.82, 2.24) is 26.1 Å². The number of amides is 2. The number of thiol groups is 1. The Kier molecular flexibility index (Phi) is 8.12. The second-order valence-electron chi connectivity index (χ2n) is 13.5. The third-order valence-corrected chi connectivity index (χ3v) is 11.7. The van der Waals surface area contributed by atoms with Crippen LogP contribution in [0.15, 0.2) is 35.7 Å². The molecule has 13 nitrogen and oxygen atoms in total. The number of nitrogens with zero attached hydrogens (tertiary/aromatic N) is 1. The summed E-state index contributed by atoms with van der Waals surface area (Å²) < 4.78 is 0. The minimum Gasteiger partial charge on any atom is -0.511 e. The van der Waals surface area contributed by atoms with E-state index in [1.165, 1.54) is 17.8 Å². The summed E-state index contributed by atoms with van der Waals surface area (Å²) in [6, 6.07) is -0.689. The van der Waals surface area contributed by atoms with Gasteiger partial charge in [0.05, 0.1) is 34.5 Å². The van der Waals surface area contributed by atoms with E-state index < -0.39 is 41.6 Å². The number of aliphatic carboxylic acids is 2. The largest absolute Gasteiger partial charge is 0.511 e. The van der Waals surface area contributed by atoms with Gasteiger partial charge >= 0.3 is 11.9 Å². The zero-order valence-electron chi connectivity index (χ0n) is 26.8. The molecule has 8 N–H and O–H groups in total. The number of carboxylic acid groups (broad SMARTS) is 2. The van der Waals surface area contributed by atoms with E-state index in [4.69, 9.17) is 0 Å². The summed E-state index contributed by atoms with van der Waals surface area (Å²) in [5.41, 5.74) is 4.85. The molecule has 252 valence electrons. The van der Waals surface area contributed by atoms with Crippen molar-refractivity contribution in [2.45, 2.75) is 75.9 Å². The Morgan fingerprint density at radius 2 is 1.85 bits per heavy atom. The average Bonchev–Trinajstić information content (AvgIpc) is 3.85. The van der Waals surface area contributed by atoms with Crippen molar-refractivity contribution >= 4 is 47.4 Å². The van der Waals surface area contributed by atoms with Crippen molar-refractivity contribution in [3.63, 3.8) is 0 Å². The fraction of sp³-hybridized carbons (Fsp3) is 0.515. The molecule has 4 saturated heterocycles. The van der Waals surface area contributed by atoms with Gasteiger partial charge in [-0.2, -0.15) is 0 Å². The van der Waals surface area contributed by atoms with E-state index in [1.54, 1.807) is 19.9 Å². The molecule has 0 aromatic carbocycles. The molecule has 2 unspecified atom stereocenters. The maximum absolute atomic E-state index is 12.7. The molecule has 1 aromatic rings. The molecule has 4 fully saturated rings. The molecule has 5 aliphatic rings. The number of carbonyl (C=O) groups is 4. The summed E-state index contributed by atoms with van der Waals surface area (Å²) >= 11 is 1.32. The van der Waals surface area contributed by atoms with Crippen LogP contribution in [-0.4, -0.2) is 82.5 Å². The maximum Gasteiger partial charge on any atom is 0.311 e. The number of hydrazine groups is 1. The van der Waals surface area contributed by atoms with Crippen LogP contribution in [0.25, 0.3) is 11.8 Å². The molecule has 5 aliphatic heterocycles. The monoisotopic (exact) mass is 668 g/mol. The first-order valence-corrected chi connectivity index (χ1v) is 17.0. The van der Waals surface area contributed by atoms with Crippen LogP contribution >= 0.6 is 0 Å². The van der Waals surface area contributed by atoms with E-state index in [2.05, 4.69) is 33.7 Å². The molecule has 0 aliphatic carbocycles. The first kappa shape index (κ1) is 32.9. The Balaban J connectivity index is 1.45. The van der Waals surface area contributed by atoms with Gasteiger partial charge in [0.15, 0.2) is 11.0 Å². The highest BCUT2D eigenvalue weighted by Crippen LogP contribution is 2.53. The number of allylic oxidation sites excluding steroid dienone is 2. The standard InChI is InChI=1S/C33H41N5O8S/c1-6-18-31(45)36-25(32(18,5)46)10-19-14(2)28(23(39)11-27(42)43)20(34-19)9-22-17(7-8-26(40)41)16(4)33(37-38(22)33)12-21-29(24-13-47-24)15(3)30(44)35-21/h6,9,12,15-16,18,24-25,29,34,37,39,46H,1,7-8,10-11,13H2,2-5H3,(H,35,44)(H,36,45)(H,40,41)(H,42,43)/p+1/b20-9-,21-12-,28-23+/t15-,16?,18?,24+,25-,29-,32+,33-,38?/m1/s1. The zero-order chi connectivity index (χ0) is 34.2. The molecule has 0 spiro atoms. The number of carbonyl (C=O) groups excluding carboxylic acids is 2. The van der Waals surface area contributed by atoms with Crippen molar-refractivity contribution < 1.29 is 39.6 Å². The van der Waals surface area contributed by atoms with E-state index in [9.17, 15) is 39.6 Å². The van der Waals surface area contributed by atoms with Crippen molar-refractivity contribution in [2.24, 2.45) is 23.7 Å². The summed E-state index contributed by atoms with van der Waals surface area (Å²) in [4.78, 5) is 51.9. The SMILES string of the molecule is C=CC1C(=O)N[C@H](Cc2[nH]c(=C\C3=C(CCC(=O)O)C(C)[C@]4(/C=C5\NC(=O)[C@H](C)[C@H]5[C@@H]5C[SH+]5)NN34)/c(=C(/O)CC(=O)O)c2C)[C@@]1(C)O. The van der Waals surface area contributed by atoms with Crippen LogP contribution in [0.3, 0.4) is 0 Å². The number of nitrogens with one attached hydrogen (secondary N) is 4. The van der Waals surface area contributed by atoms with Gasteiger partial charge in [-0.3, -0.25) is 24.2 Å². The van der Waals surface area contributed by atoms with Gasteiger partial charge in [0, 0.05) is 41.3 Å². The normalized spacial score (nSPS) is 36.1. The van der Waals surface area contributed by atoms with Gasteiger partial charge in [-0.1, -0.05) is 19.9 Å². The number of fused-ring (bicyclic) bond motifs is 1. The first-order chi connectivity index (χ1) is 22.1. The molecule has 0 radical (unpaired) electrons. The van der Waals surface area contributed by atoms with Crippen LogP contribution in [0.4, 0.5) is 0 Å². The fourth-order valence-corrected chi connectivity index (χ4v) is 8.69. The molecular weight excluding hydrogens is 626 g/mol. The molecule has 6 rings (SSSR count). The van der Waals surface area contributed by atoms with Crippen LogP contribution in [0.5, 0.6) is 0 Å². The van der Waals surface area contributed by atoms with Gasteiger partial charge in [0.2, 0.25) is 11.8 Å². The molecule has 8 atom stereocenters. The quantitative estimate of drug-likeness (QED) is 0.0660. The number of aromatic amines is 1. The van der Waals surface area contributed by atoms with Crippen LogP contribution in [0.1, 0.15) is 51.3 Å². The van der Waals surface area contributed by atoms with Crippen LogP contribution < -0.4 is 26.6 Å². The van der Waals surface area contributed by atoms with E-state index >= 15 is 0 Å². The van der Waals surface area contributed by atoms with E-state index in [0.29, 0.717) is 27.6 Å². The molecule has 0 saturated carbocycles. The molecule has 47 heavy (non-hydrogen) atoms. The van der Waals surface area contributed by atoms with E-state index in [-0.39, 0.29) is 59.8 Å². The summed E-state index contributed by atoms with van der Waals surface area (Å²) in [5.74, 6) is -2.90. The smallest absolute Gasteiger partial charge is 0.311 e. The summed E-state index contributed by atoms with van der Waals surface area (Å²) in [6.45, 7) is 10.9. The van der Waals surface area contributed by atoms with Gasteiger partial charge in [0.25, 0.3) is 0 Å². The third-order valence-electron chi connectivity index (χ3n) is 10.6. The summed E-state index contributed by atoms with van der Waals surface area (Å²) in [6.07, 6.45) is 4.93. The molecule has 1 aromatic heterocycles. The lowest BCUT2D eigenvalue weighted by Crippen LogP contribution is -2.44. The number of aliphatic hydroxyl groups is 2. The zero-order valence-corrected chi connectivity index (χ0v) is 27.6. The Hall–Kier alpha value is -4.01. The topological polar surface area (TPSA) is 214 Å². The van der Waals surface area contributed by atoms with Crippen molar-refractivity contribution in [3.05, 3.63) is 57.5 Å². The fourth-order valence-electron chi connectivity index (χ4n) is 7.69. The average molecular weight is 669 g/mol. The van der Waals surface area contributed by atoms with Gasteiger partial charge in [-0.05, 0) is 55.3 Å². The molecule has 6 heterocycles. The second kappa shape index (κ2) is 11.6. The van der Waals surface area contributed by atoms with Crippen LogP contribution in [0.2, 0.25) is 0 Å². The molecule has 0 bridgehead atoms. The van der Waals surface area contributed by atoms with Crippen molar-refractivity contribution in [3.8, 4) is 0 Å². The minimum atomic E-state index is -1.44. The Labute approximate surface area is 275 Å². The lowest BCUT2D eigenvalue weighted by atomic mass is 9.85. The first-order valence-electron chi connectivity index (χ1n) is 15.8. The van der Waals surface area contributed by atoms with Crippen LogP contribution in [0, 0.1) is 30.6 Å².